The van der Waals surface area contributed by atoms with Crippen LogP contribution in [-0.4, -0.2) is 39.3 Å². The first-order chi connectivity index (χ1) is 12.6. The van der Waals surface area contributed by atoms with Gasteiger partial charge in [-0.3, -0.25) is 4.79 Å². The molecule has 0 radical (unpaired) electrons. The van der Waals surface area contributed by atoms with Crippen molar-refractivity contribution < 1.29 is 19.0 Å². The van der Waals surface area contributed by atoms with Gasteiger partial charge >= 0.3 is 5.97 Å². The standard InChI is InChI=1S/C19H31N3O4/c1-4-26-18(23)9-7-5-6-8-12-21-19(20)22-14-15-10-11-16(24-2)17(13-15)25-3/h10-11,13H,4-9,12,14H2,1-3H3,(H3,20,21,22). The summed E-state index contributed by atoms with van der Waals surface area (Å²) in [6, 6.07) is 5.67. The highest BCUT2D eigenvalue weighted by molar-refractivity contribution is 5.77. The number of unbranched alkanes of at least 4 members (excludes halogenated alkanes) is 3. The number of nitrogens with zero attached hydrogens (tertiary/aromatic N) is 1. The molecule has 0 saturated carbocycles. The van der Waals surface area contributed by atoms with E-state index in [0.717, 1.165) is 37.8 Å². The monoisotopic (exact) mass is 365 g/mol. The van der Waals surface area contributed by atoms with Gasteiger partial charge in [-0.15, -0.1) is 0 Å². The van der Waals surface area contributed by atoms with E-state index in [2.05, 4.69) is 10.3 Å². The van der Waals surface area contributed by atoms with Crippen LogP contribution in [0.15, 0.2) is 23.2 Å². The van der Waals surface area contributed by atoms with Crippen LogP contribution in [0.1, 0.15) is 44.6 Å². The van der Waals surface area contributed by atoms with Gasteiger partial charge in [0.2, 0.25) is 0 Å². The number of esters is 1. The van der Waals surface area contributed by atoms with Gasteiger partial charge in [-0.2, -0.15) is 0 Å². The Labute approximate surface area is 155 Å². The number of hydrogen-bond donors (Lipinski definition) is 2. The molecule has 0 heterocycles. The topological polar surface area (TPSA) is 95.2 Å². The van der Waals surface area contributed by atoms with Crippen LogP contribution in [0.2, 0.25) is 0 Å². The van der Waals surface area contributed by atoms with Gasteiger partial charge in [0.15, 0.2) is 17.5 Å². The molecular formula is C19H31N3O4. The average molecular weight is 365 g/mol. The molecule has 0 amide bonds. The predicted molar refractivity (Wildman–Crippen MR) is 103 cm³/mol. The molecule has 0 fully saturated rings. The summed E-state index contributed by atoms with van der Waals surface area (Å²) in [5.74, 6) is 1.67. The maximum atomic E-state index is 11.2. The summed E-state index contributed by atoms with van der Waals surface area (Å²) in [4.78, 5) is 15.5. The first kappa shape index (κ1) is 21.6. The molecule has 0 aliphatic carbocycles. The minimum atomic E-state index is -0.114. The van der Waals surface area contributed by atoms with Gasteiger partial charge in [-0.25, -0.2) is 4.99 Å². The molecule has 3 N–H and O–H groups in total. The lowest BCUT2D eigenvalue weighted by molar-refractivity contribution is -0.143. The van der Waals surface area contributed by atoms with Crippen molar-refractivity contribution in [3.8, 4) is 11.5 Å². The summed E-state index contributed by atoms with van der Waals surface area (Å²) in [5, 5.41) is 3.10. The van der Waals surface area contributed by atoms with E-state index in [-0.39, 0.29) is 5.97 Å². The van der Waals surface area contributed by atoms with Gasteiger partial charge < -0.3 is 25.3 Å². The average Bonchev–Trinajstić information content (AvgIpc) is 2.65. The van der Waals surface area contributed by atoms with Crippen LogP contribution in [0.3, 0.4) is 0 Å². The van der Waals surface area contributed by atoms with E-state index < -0.39 is 0 Å². The molecule has 0 saturated heterocycles. The summed E-state index contributed by atoms with van der Waals surface area (Å²) in [5.41, 5.74) is 6.88. The smallest absolute Gasteiger partial charge is 0.305 e. The number of aliphatic imine (C=N–C) groups is 1. The van der Waals surface area contributed by atoms with Crippen molar-refractivity contribution in [1.29, 1.82) is 0 Å². The Morgan fingerprint density at radius 1 is 1.12 bits per heavy atom. The number of methoxy groups -OCH3 is 2. The summed E-state index contributed by atoms with van der Waals surface area (Å²) >= 11 is 0. The maximum absolute atomic E-state index is 11.2. The molecule has 0 aliphatic rings. The van der Waals surface area contributed by atoms with Crippen molar-refractivity contribution in [3.05, 3.63) is 23.8 Å². The van der Waals surface area contributed by atoms with Gasteiger partial charge in [0.1, 0.15) is 0 Å². The van der Waals surface area contributed by atoms with Crippen LogP contribution >= 0.6 is 0 Å². The first-order valence-electron chi connectivity index (χ1n) is 9.01. The van der Waals surface area contributed by atoms with Gasteiger partial charge in [-0.1, -0.05) is 18.9 Å². The third-order valence-corrected chi connectivity index (χ3v) is 3.80. The Morgan fingerprint density at radius 3 is 2.54 bits per heavy atom. The zero-order valence-electron chi connectivity index (χ0n) is 16.0. The number of carbonyl (C=O) groups excluding carboxylic acids is 1. The van der Waals surface area contributed by atoms with Crippen molar-refractivity contribution in [2.45, 2.75) is 45.6 Å². The van der Waals surface area contributed by atoms with Gasteiger partial charge in [-0.05, 0) is 37.5 Å². The van der Waals surface area contributed by atoms with Crippen LogP contribution in [0.4, 0.5) is 0 Å². The fraction of sp³-hybridized carbons (Fsp3) is 0.579. The van der Waals surface area contributed by atoms with Crippen LogP contribution in [0.5, 0.6) is 11.5 Å². The number of ether oxygens (including phenoxy) is 3. The zero-order valence-corrected chi connectivity index (χ0v) is 16.0. The number of nitrogens with two attached hydrogens (primary N) is 1. The highest BCUT2D eigenvalue weighted by Gasteiger charge is 2.04. The van der Waals surface area contributed by atoms with Crippen molar-refractivity contribution in [3.63, 3.8) is 0 Å². The largest absolute Gasteiger partial charge is 0.493 e. The van der Waals surface area contributed by atoms with Gasteiger partial charge in [0.25, 0.3) is 0 Å². The molecule has 0 aromatic heterocycles. The molecule has 0 bridgehead atoms. The lowest BCUT2D eigenvalue weighted by Crippen LogP contribution is -2.32. The minimum Gasteiger partial charge on any atom is -0.493 e. The van der Waals surface area contributed by atoms with Crippen molar-refractivity contribution in [2.24, 2.45) is 10.7 Å². The molecular weight excluding hydrogens is 334 g/mol. The van der Waals surface area contributed by atoms with E-state index in [0.29, 0.717) is 37.0 Å². The molecule has 146 valence electrons. The Balaban J connectivity index is 2.21. The highest BCUT2D eigenvalue weighted by atomic mass is 16.5. The van der Waals surface area contributed by atoms with Crippen LogP contribution in [-0.2, 0) is 16.1 Å². The lowest BCUT2D eigenvalue weighted by atomic mass is 10.1. The van der Waals surface area contributed by atoms with Crippen LogP contribution in [0, 0.1) is 0 Å². The van der Waals surface area contributed by atoms with Crippen LogP contribution < -0.4 is 20.5 Å². The second kappa shape index (κ2) is 12.9. The van der Waals surface area contributed by atoms with E-state index in [9.17, 15) is 4.79 Å². The Morgan fingerprint density at radius 2 is 1.85 bits per heavy atom. The third-order valence-electron chi connectivity index (χ3n) is 3.80. The Hall–Kier alpha value is -2.44. The van der Waals surface area contributed by atoms with E-state index in [1.54, 1.807) is 14.2 Å². The molecule has 0 aliphatic heterocycles. The first-order valence-corrected chi connectivity index (χ1v) is 9.01. The summed E-state index contributed by atoms with van der Waals surface area (Å²) < 4.78 is 15.4. The second-order valence-corrected chi connectivity index (χ2v) is 5.79. The lowest BCUT2D eigenvalue weighted by Gasteiger charge is -2.09. The van der Waals surface area contributed by atoms with E-state index in [4.69, 9.17) is 19.9 Å². The molecule has 7 heteroatoms. The molecule has 7 nitrogen and oxygen atoms in total. The summed E-state index contributed by atoms with van der Waals surface area (Å²) in [6.07, 6.45) is 4.38. The predicted octanol–water partition coefficient (Wildman–Crippen LogP) is 2.62. The Kier molecular flexibility index (Phi) is 10.7. The fourth-order valence-electron chi connectivity index (χ4n) is 2.41. The zero-order chi connectivity index (χ0) is 19.2. The van der Waals surface area contributed by atoms with Crippen LogP contribution in [0.25, 0.3) is 0 Å². The molecule has 26 heavy (non-hydrogen) atoms. The quantitative estimate of drug-likeness (QED) is 0.256. The molecule has 1 aromatic rings. The third kappa shape index (κ3) is 8.60. The van der Waals surface area contributed by atoms with Crippen molar-refractivity contribution in [1.82, 2.24) is 5.32 Å². The number of carbonyl (C=O) groups is 1. The number of benzene rings is 1. The van der Waals surface area contributed by atoms with Gasteiger partial charge in [0, 0.05) is 13.0 Å². The molecule has 0 atom stereocenters. The van der Waals surface area contributed by atoms with Crippen molar-refractivity contribution >= 4 is 11.9 Å². The second-order valence-electron chi connectivity index (χ2n) is 5.79. The van der Waals surface area contributed by atoms with E-state index in [1.165, 1.54) is 0 Å². The highest BCUT2D eigenvalue weighted by Crippen LogP contribution is 2.27. The number of guanidine groups is 1. The normalized spacial score (nSPS) is 11.1. The maximum Gasteiger partial charge on any atom is 0.305 e. The number of nitrogens with one attached hydrogen (secondary N) is 1. The van der Waals surface area contributed by atoms with Crippen molar-refractivity contribution in [2.75, 3.05) is 27.4 Å². The van der Waals surface area contributed by atoms with E-state index >= 15 is 0 Å². The fourth-order valence-corrected chi connectivity index (χ4v) is 2.41. The minimum absolute atomic E-state index is 0.114. The summed E-state index contributed by atoms with van der Waals surface area (Å²) in [7, 11) is 3.21. The molecule has 0 unspecified atom stereocenters. The number of rotatable bonds is 12. The van der Waals surface area contributed by atoms with E-state index in [1.807, 2.05) is 25.1 Å². The SMILES string of the molecule is CCOC(=O)CCCCCCNC(N)=NCc1ccc(OC)c(OC)c1. The molecule has 0 spiro atoms. The molecule has 1 rings (SSSR count). The summed E-state index contributed by atoms with van der Waals surface area (Å²) in [6.45, 7) is 3.50. The number of hydrogen-bond acceptors (Lipinski definition) is 5. The molecule has 1 aromatic carbocycles. The Bertz CT molecular complexity index is 576. The van der Waals surface area contributed by atoms with Gasteiger partial charge in [0.05, 0.1) is 27.4 Å².